The molecule has 2 aromatic carbocycles. The smallest absolute Gasteiger partial charge is 0.159 e. The lowest BCUT2D eigenvalue weighted by atomic mass is 9.97. The number of hydrogen-bond acceptors (Lipinski definition) is 4. The van der Waals surface area contributed by atoms with Crippen LogP contribution in [0.4, 0.5) is 0 Å². The van der Waals surface area contributed by atoms with E-state index in [1.165, 1.54) is 23.1 Å². The minimum Gasteiger partial charge on any atom is -0.353 e. The van der Waals surface area contributed by atoms with Crippen LogP contribution in [0.1, 0.15) is 54.0 Å². The summed E-state index contributed by atoms with van der Waals surface area (Å²) in [6.45, 7) is 7.74. The van der Waals surface area contributed by atoms with Gasteiger partial charge in [0.15, 0.2) is 11.5 Å². The first kappa shape index (κ1) is 25.8. The Kier molecular flexibility index (Phi) is 9.61. The van der Waals surface area contributed by atoms with Gasteiger partial charge in [-0.1, -0.05) is 76.4 Å². The first-order valence-corrected chi connectivity index (χ1v) is 13.9. The molecule has 7 heteroatoms. The van der Waals surface area contributed by atoms with Crippen molar-refractivity contribution >= 4 is 40.1 Å². The highest BCUT2D eigenvalue weighted by molar-refractivity contribution is 8.14. The van der Waals surface area contributed by atoms with Crippen molar-refractivity contribution in [3.8, 4) is 0 Å². The standard InChI is InChI=1S/C27H34Cl2N2O2S/c1-19-15-20(2)17-21(16-19)18-24(22-7-5-8-23(28)26(22)29)30-27-31(11-14-34-27)10-6-13-33-25-9-3-4-12-32-25/h5,7-8,15-17,24-25H,3-4,6,9-14,18H2,1-2H3. The Balaban J connectivity index is 1.48. The van der Waals surface area contributed by atoms with Gasteiger partial charge in [0, 0.05) is 25.4 Å². The fourth-order valence-electron chi connectivity index (χ4n) is 4.62. The molecule has 2 heterocycles. The van der Waals surface area contributed by atoms with Gasteiger partial charge < -0.3 is 14.4 Å². The Hall–Kier alpha value is -1.24. The third kappa shape index (κ3) is 7.14. The van der Waals surface area contributed by atoms with Crippen LogP contribution in [0, 0.1) is 13.8 Å². The zero-order chi connectivity index (χ0) is 23.9. The summed E-state index contributed by atoms with van der Waals surface area (Å²) < 4.78 is 11.6. The van der Waals surface area contributed by atoms with Gasteiger partial charge in [-0.15, -0.1) is 0 Å². The van der Waals surface area contributed by atoms with E-state index >= 15 is 0 Å². The summed E-state index contributed by atoms with van der Waals surface area (Å²) in [6, 6.07) is 12.4. The highest BCUT2D eigenvalue weighted by Crippen LogP contribution is 2.35. The summed E-state index contributed by atoms with van der Waals surface area (Å²) in [5.41, 5.74) is 4.76. The van der Waals surface area contributed by atoms with E-state index in [1.54, 1.807) is 0 Å². The topological polar surface area (TPSA) is 34.1 Å². The van der Waals surface area contributed by atoms with E-state index in [1.807, 2.05) is 30.0 Å². The summed E-state index contributed by atoms with van der Waals surface area (Å²) >= 11 is 14.9. The Morgan fingerprint density at radius 3 is 2.76 bits per heavy atom. The van der Waals surface area contributed by atoms with Gasteiger partial charge in [-0.2, -0.15) is 0 Å². The maximum atomic E-state index is 6.66. The molecule has 2 unspecified atom stereocenters. The fraction of sp³-hybridized carbons (Fsp3) is 0.519. The average Bonchev–Trinajstić information content (AvgIpc) is 3.25. The lowest BCUT2D eigenvalue weighted by molar-refractivity contribution is -0.162. The van der Waals surface area contributed by atoms with Gasteiger partial charge >= 0.3 is 0 Å². The number of thioether (sulfide) groups is 1. The predicted molar refractivity (Wildman–Crippen MR) is 144 cm³/mol. The number of nitrogens with zero attached hydrogens (tertiary/aromatic N) is 2. The second-order valence-corrected chi connectivity index (χ2v) is 11.0. The zero-order valence-electron chi connectivity index (χ0n) is 20.1. The second kappa shape index (κ2) is 12.6. The normalized spacial score (nSPS) is 20.8. The minimum absolute atomic E-state index is 0.0259. The van der Waals surface area contributed by atoms with Crippen LogP contribution < -0.4 is 0 Å². The summed E-state index contributed by atoms with van der Waals surface area (Å²) in [6.07, 6.45) is 5.05. The number of benzene rings is 2. The van der Waals surface area contributed by atoms with Crippen LogP contribution in [0.5, 0.6) is 0 Å². The van der Waals surface area contributed by atoms with E-state index < -0.39 is 0 Å². The SMILES string of the molecule is Cc1cc(C)cc(CC(N=C2SCCN2CCCOC2CCCCO2)c2cccc(Cl)c2Cl)c1. The molecule has 2 aliphatic heterocycles. The largest absolute Gasteiger partial charge is 0.353 e. The van der Waals surface area contributed by atoms with E-state index in [-0.39, 0.29) is 12.3 Å². The number of amidine groups is 1. The minimum atomic E-state index is -0.0950. The zero-order valence-corrected chi connectivity index (χ0v) is 22.4. The van der Waals surface area contributed by atoms with Crippen molar-refractivity contribution in [3.05, 3.63) is 68.7 Å². The maximum Gasteiger partial charge on any atom is 0.159 e. The summed E-state index contributed by atoms with van der Waals surface area (Å²) in [7, 11) is 0. The molecule has 2 saturated heterocycles. The molecule has 2 aromatic rings. The molecule has 0 bridgehead atoms. The molecule has 0 aromatic heterocycles. The summed E-state index contributed by atoms with van der Waals surface area (Å²) in [4.78, 5) is 7.63. The van der Waals surface area contributed by atoms with Crippen molar-refractivity contribution in [1.82, 2.24) is 4.90 Å². The molecule has 2 fully saturated rings. The molecular weight excluding hydrogens is 487 g/mol. The molecule has 2 atom stereocenters. The van der Waals surface area contributed by atoms with E-state index in [2.05, 4.69) is 36.9 Å². The van der Waals surface area contributed by atoms with Crippen LogP contribution in [0.2, 0.25) is 10.0 Å². The molecule has 0 spiro atoms. The molecule has 34 heavy (non-hydrogen) atoms. The third-order valence-electron chi connectivity index (χ3n) is 6.19. The number of rotatable bonds is 9. The lowest BCUT2D eigenvalue weighted by Gasteiger charge is -2.24. The third-order valence-corrected chi connectivity index (χ3v) is 8.04. The van der Waals surface area contributed by atoms with Crippen LogP contribution >= 0.6 is 35.0 Å². The van der Waals surface area contributed by atoms with Gasteiger partial charge in [0.1, 0.15) is 0 Å². The molecular formula is C27H34Cl2N2O2S. The van der Waals surface area contributed by atoms with Crippen molar-refractivity contribution < 1.29 is 9.47 Å². The molecule has 0 N–H and O–H groups in total. The van der Waals surface area contributed by atoms with E-state index in [9.17, 15) is 0 Å². The van der Waals surface area contributed by atoms with Crippen LogP contribution in [0.3, 0.4) is 0 Å². The Labute approximate surface area is 218 Å². The predicted octanol–water partition coefficient (Wildman–Crippen LogP) is 7.23. The Morgan fingerprint density at radius 1 is 1.18 bits per heavy atom. The van der Waals surface area contributed by atoms with Gasteiger partial charge in [-0.05, 0) is 63.1 Å². The second-order valence-electron chi connectivity index (χ2n) is 9.13. The first-order valence-electron chi connectivity index (χ1n) is 12.2. The van der Waals surface area contributed by atoms with Gasteiger partial charge in [0.2, 0.25) is 0 Å². The Morgan fingerprint density at radius 2 is 2.00 bits per heavy atom. The monoisotopic (exact) mass is 520 g/mol. The molecule has 0 saturated carbocycles. The van der Waals surface area contributed by atoms with Crippen LogP contribution in [-0.2, 0) is 15.9 Å². The number of aryl methyl sites for hydroxylation is 2. The van der Waals surface area contributed by atoms with Crippen LogP contribution in [0.15, 0.2) is 41.4 Å². The number of halogens is 2. The van der Waals surface area contributed by atoms with Crippen molar-refractivity contribution in [3.63, 3.8) is 0 Å². The van der Waals surface area contributed by atoms with Crippen LogP contribution in [0.25, 0.3) is 0 Å². The maximum absolute atomic E-state index is 6.66. The molecule has 4 nitrogen and oxygen atoms in total. The molecule has 4 rings (SSSR count). The molecule has 0 radical (unpaired) electrons. The molecule has 0 aliphatic carbocycles. The van der Waals surface area contributed by atoms with Crippen LogP contribution in [-0.4, -0.2) is 48.4 Å². The fourth-order valence-corrected chi connectivity index (χ4v) is 6.11. The summed E-state index contributed by atoms with van der Waals surface area (Å²) in [5, 5.41) is 2.25. The van der Waals surface area contributed by atoms with Crippen molar-refractivity contribution in [2.45, 2.75) is 58.3 Å². The van der Waals surface area contributed by atoms with E-state index in [4.69, 9.17) is 37.7 Å². The molecule has 2 aliphatic rings. The lowest BCUT2D eigenvalue weighted by Crippen LogP contribution is -2.28. The average molecular weight is 522 g/mol. The van der Waals surface area contributed by atoms with E-state index in [0.717, 1.165) is 61.9 Å². The van der Waals surface area contributed by atoms with Crippen molar-refractivity contribution in [1.29, 1.82) is 0 Å². The van der Waals surface area contributed by atoms with Gasteiger partial charge in [-0.3, -0.25) is 4.99 Å². The first-order chi connectivity index (χ1) is 16.5. The highest BCUT2D eigenvalue weighted by Gasteiger charge is 2.24. The quantitative estimate of drug-likeness (QED) is 0.326. The highest BCUT2D eigenvalue weighted by atomic mass is 35.5. The number of ether oxygens (including phenoxy) is 2. The Bertz CT molecular complexity index is 974. The van der Waals surface area contributed by atoms with Crippen molar-refractivity contribution in [2.75, 3.05) is 32.1 Å². The number of hydrogen-bond donors (Lipinski definition) is 0. The van der Waals surface area contributed by atoms with Gasteiger partial charge in [0.05, 0.1) is 22.7 Å². The van der Waals surface area contributed by atoms with Gasteiger partial charge in [-0.25, -0.2) is 0 Å². The summed E-state index contributed by atoms with van der Waals surface area (Å²) in [5.74, 6) is 1.05. The van der Waals surface area contributed by atoms with E-state index in [0.29, 0.717) is 16.7 Å². The number of aliphatic imine (C=N–C) groups is 1. The van der Waals surface area contributed by atoms with Crippen molar-refractivity contribution in [2.24, 2.45) is 4.99 Å². The van der Waals surface area contributed by atoms with Gasteiger partial charge in [0.25, 0.3) is 0 Å². The molecule has 184 valence electrons. The molecule has 0 amide bonds.